The third-order valence-electron chi connectivity index (χ3n) is 2.82. The Morgan fingerprint density at radius 1 is 1.38 bits per heavy atom. The number of nitrogens with zero attached hydrogens (tertiary/aromatic N) is 4. The Bertz CT molecular complexity index is 374. The van der Waals surface area contributed by atoms with Gasteiger partial charge in [0.15, 0.2) is 5.76 Å². The molecule has 86 valence electrons. The molecule has 2 heterocycles. The van der Waals surface area contributed by atoms with Crippen molar-refractivity contribution in [2.24, 2.45) is 0 Å². The number of aryl methyl sites for hydroxylation is 1. The maximum Gasteiger partial charge on any atom is 0.150 e. The lowest BCUT2D eigenvalue weighted by Crippen LogP contribution is -2.45. The molecule has 1 saturated heterocycles. The fourth-order valence-corrected chi connectivity index (χ4v) is 1.92. The van der Waals surface area contributed by atoms with Gasteiger partial charge in [0, 0.05) is 32.2 Å². The van der Waals surface area contributed by atoms with Gasteiger partial charge in [0.1, 0.15) is 0 Å². The molecule has 1 aromatic rings. The molecule has 16 heavy (non-hydrogen) atoms. The van der Waals surface area contributed by atoms with Crippen molar-refractivity contribution in [2.75, 3.05) is 32.7 Å². The predicted molar refractivity (Wildman–Crippen MR) is 58.6 cm³/mol. The maximum absolute atomic E-state index is 8.59. The SMILES string of the molecule is Cc1cc(CN2CCN(CC#N)CC2)on1. The second-order valence-corrected chi connectivity index (χ2v) is 4.15. The number of hydrogen-bond donors (Lipinski definition) is 0. The van der Waals surface area contributed by atoms with Gasteiger partial charge in [0.05, 0.1) is 24.9 Å². The zero-order valence-electron chi connectivity index (χ0n) is 9.52. The van der Waals surface area contributed by atoms with Crippen LogP contribution < -0.4 is 0 Å². The fourth-order valence-electron chi connectivity index (χ4n) is 1.92. The molecule has 1 fully saturated rings. The molecular formula is C11H16N4O. The molecule has 0 unspecified atom stereocenters. The largest absolute Gasteiger partial charge is 0.360 e. The topological polar surface area (TPSA) is 56.3 Å². The summed E-state index contributed by atoms with van der Waals surface area (Å²) >= 11 is 0. The molecule has 1 aliphatic heterocycles. The van der Waals surface area contributed by atoms with Crippen molar-refractivity contribution in [3.63, 3.8) is 0 Å². The van der Waals surface area contributed by atoms with Crippen molar-refractivity contribution in [2.45, 2.75) is 13.5 Å². The van der Waals surface area contributed by atoms with Gasteiger partial charge in [-0.3, -0.25) is 9.80 Å². The third kappa shape index (κ3) is 2.81. The average molecular weight is 220 g/mol. The predicted octanol–water partition coefficient (Wildman–Crippen LogP) is 0.624. The number of nitriles is 1. The first-order valence-corrected chi connectivity index (χ1v) is 5.52. The minimum atomic E-state index is 0.537. The molecule has 5 nitrogen and oxygen atoms in total. The molecule has 0 aliphatic carbocycles. The van der Waals surface area contributed by atoms with E-state index in [1.807, 2.05) is 13.0 Å². The lowest BCUT2D eigenvalue weighted by atomic mass is 10.3. The van der Waals surface area contributed by atoms with Crippen LogP contribution in [-0.2, 0) is 6.54 Å². The van der Waals surface area contributed by atoms with Crippen LogP contribution in [0, 0.1) is 18.3 Å². The van der Waals surface area contributed by atoms with Crippen LogP contribution in [0.25, 0.3) is 0 Å². The van der Waals surface area contributed by atoms with Gasteiger partial charge in [-0.25, -0.2) is 0 Å². The van der Waals surface area contributed by atoms with E-state index in [0.29, 0.717) is 6.54 Å². The second kappa shape index (κ2) is 5.10. The minimum Gasteiger partial charge on any atom is -0.360 e. The molecule has 0 atom stereocenters. The summed E-state index contributed by atoms with van der Waals surface area (Å²) in [6.07, 6.45) is 0. The number of piperazine rings is 1. The van der Waals surface area contributed by atoms with Gasteiger partial charge in [-0.1, -0.05) is 5.16 Å². The van der Waals surface area contributed by atoms with E-state index in [9.17, 15) is 0 Å². The summed E-state index contributed by atoms with van der Waals surface area (Å²) in [7, 11) is 0. The number of hydrogen-bond acceptors (Lipinski definition) is 5. The summed E-state index contributed by atoms with van der Waals surface area (Å²) in [6.45, 7) is 7.18. The van der Waals surface area contributed by atoms with Crippen LogP contribution in [0.2, 0.25) is 0 Å². The fraction of sp³-hybridized carbons (Fsp3) is 0.636. The first kappa shape index (κ1) is 11.1. The molecule has 5 heteroatoms. The number of rotatable bonds is 3. The summed E-state index contributed by atoms with van der Waals surface area (Å²) < 4.78 is 5.18. The maximum atomic E-state index is 8.59. The standard InChI is InChI=1S/C11H16N4O/c1-10-8-11(16-13-10)9-15-6-4-14(3-2-12)5-7-15/h8H,3-7,9H2,1H3. The van der Waals surface area contributed by atoms with Crippen molar-refractivity contribution in [1.29, 1.82) is 5.26 Å². The van der Waals surface area contributed by atoms with E-state index < -0.39 is 0 Å². The molecular weight excluding hydrogens is 204 g/mol. The van der Waals surface area contributed by atoms with E-state index in [4.69, 9.17) is 9.78 Å². The Labute approximate surface area is 95.2 Å². The summed E-state index contributed by atoms with van der Waals surface area (Å²) in [5.41, 5.74) is 0.929. The number of aromatic nitrogens is 1. The molecule has 0 spiro atoms. The quantitative estimate of drug-likeness (QED) is 0.699. The molecule has 0 bridgehead atoms. The van der Waals surface area contributed by atoms with Gasteiger partial charge < -0.3 is 4.52 Å². The second-order valence-electron chi connectivity index (χ2n) is 4.15. The Morgan fingerprint density at radius 3 is 2.62 bits per heavy atom. The van der Waals surface area contributed by atoms with Crippen LogP contribution in [0.3, 0.4) is 0 Å². The molecule has 2 rings (SSSR count). The van der Waals surface area contributed by atoms with Crippen LogP contribution in [0.15, 0.2) is 10.6 Å². The van der Waals surface area contributed by atoms with Crippen LogP contribution in [0.5, 0.6) is 0 Å². The van der Waals surface area contributed by atoms with Gasteiger partial charge in [-0.05, 0) is 6.92 Å². The molecule has 0 amide bonds. The summed E-state index contributed by atoms with van der Waals surface area (Å²) in [5, 5.41) is 12.5. The van der Waals surface area contributed by atoms with Crippen molar-refractivity contribution in [1.82, 2.24) is 15.0 Å². The van der Waals surface area contributed by atoms with E-state index in [0.717, 1.165) is 44.2 Å². The molecule has 0 radical (unpaired) electrons. The molecule has 1 aliphatic rings. The first-order valence-electron chi connectivity index (χ1n) is 5.52. The third-order valence-corrected chi connectivity index (χ3v) is 2.82. The van der Waals surface area contributed by atoms with Crippen molar-refractivity contribution >= 4 is 0 Å². The lowest BCUT2D eigenvalue weighted by molar-refractivity contribution is 0.128. The van der Waals surface area contributed by atoms with Gasteiger partial charge in [0.25, 0.3) is 0 Å². The summed E-state index contributed by atoms with van der Waals surface area (Å²) in [4.78, 5) is 4.50. The van der Waals surface area contributed by atoms with Crippen molar-refractivity contribution < 1.29 is 4.52 Å². The Kier molecular flexibility index (Phi) is 3.54. The zero-order valence-corrected chi connectivity index (χ0v) is 9.52. The Balaban J connectivity index is 1.79. The van der Waals surface area contributed by atoms with E-state index in [1.165, 1.54) is 0 Å². The summed E-state index contributed by atoms with van der Waals surface area (Å²) in [6, 6.07) is 4.16. The monoisotopic (exact) mass is 220 g/mol. The normalized spacial score (nSPS) is 18.5. The Morgan fingerprint density at radius 2 is 2.06 bits per heavy atom. The van der Waals surface area contributed by atoms with Gasteiger partial charge in [0.2, 0.25) is 0 Å². The zero-order chi connectivity index (χ0) is 11.4. The lowest BCUT2D eigenvalue weighted by Gasteiger charge is -2.32. The smallest absolute Gasteiger partial charge is 0.150 e. The van der Waals surface area contributed by atoms with Gasteiger partial charge >= 0.3 is 0 Å². The first-order chi connectivity index (χ1) is 7.78. The highest BCUT2D eigenvalue weighted by Crippen LogP contribution is 2.09. The van der Waals surface area contributed by atoms with Crippen LogP contribution in [0.1, 0.15) is 11.5 Å². The van der Waals surface area contributed by atoms with E-state index >= 15 is 0 Å². The van der Waals surface area contributed by atoms with Crippen LogP contribution in [-0.4, -0.2) is 47.7 Å². The Hall–Kier alpha value is -1.38. The molecule has 1 aromatic heterocycles. The highest BCUT2D eigenvalue weighted by molar-refractivity contribution is 5.03. The molecule has 0 aromatic carbocycles. The van der Waals surface area contributed by atoms with Gasteiger partial charge in [-0.2, -0.15) is 5.26 Å². The van der Waals surface area contributed by atoms with Crippen LogP contribution >= 0.6 is 0 Å². The summed E-state index contributed by atoms with van der Waals surface area (Å²) in [5.74, 6) is 0.922. The molecule has 0 saturated carbocycles. The van der Waals surface area contributed by atoms with Crippen molar-refractivity contribution in [3.05, 3.63) is 17.5 Å². The van der Waals surface area contributed by atoms with Crippen molar-refractivity contribution in [3.8, 4) is 6.07 Å². The highest BCUT2D eigenvalue weighted by Gasteiger charge is 2.17. The van der Waals surface area contributed by atoms with Crippen LogP contribution in [0.4, 0.5) is 0 Å². The minimum absolute atomic E-state index is 0.537. The van der Waals surface area contributed by atoms with E-state index in [2.05, 4.69) is 21.0 Å². The highest BCUT2D eigenvalue weighted by atomic mass is 16.5. The van der Waals surface area contributed by atoms with Gasteiger partial charge in [-0.15, -0.1) is 0 Å². The molecule has 0 N–H and O–H groups in total. The van der Waals surface area contributed by atoms with E-state index in [-0.39, 0.29) is 0 Å². The average Bonchev–Trinajstić information content (AvgIpc) is 2.67. The van der Waals surface area contributed by atoms with E-state index in [1.54, 1.807) is 0 Å².